The molecule has 3 unspecified atom stereocenters. The van der Waals surface area contributed by atoms with E-state index in [9.17, 15) is 0 Å². The topological polar surface area (TPSA) is 0 Å². The summed E-state index contributed by atoms with van der Waals surface area (Å²) in [4.78, 5) is 0. The molecule has 3 atom stereocenters. The van der Waals surface area contributed by atoms with Crippen molar-refractivity contribution < 1.29 is 4.48 Å². The van der Waals surface area contributed by atoms with Crippen molar-refractivity contribution in [3.63, 3.8) is 0 Å². The van der Waals surface area contributed by atoms with E-state index in [1.54, 1.807) is 0 Å². The molecule has 1 aliphatic rings. The molecular formula is C10H22N+. The minimum Gasteiger partial charge on any atom is -0.324 e. The van der Waals surface area contributed by atoms with Crippen LogP contribution in [0.4, 0.5) is 0 Å². The summed E-state index contributed by atoms with van der Waals surface area (Å²) in [6, 6.07) is 0.885. The third kappa shape index (κ3) is 1.76. The van der Waals surface area contributed by atoms with Crippen LogP contribution in [0.5, 0.6) is 0 Å². The van der Waals surface area contributed by atoms with Crippen LogP contribution >= 0.6 is 0 Å². The maximum absolute atomic E-state index is 2.40. The average molecular weight is 156 g/mol. The van der Waals surface area contributed by atoms with Gasteiger partial charge < -0.3 is 4.48 Å². The molecule has 1 saturated heterocycles. The van der Waals surface area contributed by atoms with Gasteiger partial charge in [-0.25, -0.2) is 0 Å². The lowest BCUT2D eigenvalue weighted by Gasteiger charge is -2.45. The van der Waals surface area contributed by atoms with E-state index in [4.69, 9.17) is 0 Å². The Morgan fingerprint density at radius 3 is 2.36 bits per heavy atom. The zero-order valence-electron chi connectivity index (χ0n) is 8.43. The molecule has 0 spiro atoms. The first-order valence-corrected chi connectivity index (χ1v) is 4.92. The maximum atomic E-state index is 2.40. The van der Waals surface area contributed by atoms with E-state index in [2.05, 4.69) is 27.8 Å². The highest BCUT2D eigenvalue weighted by Crippen LogP contribution is 2.26. The van der Waals surface area contributed by atoms with Crippen molar-refractivity contribution in [3.8, 4) is 0 Å². The molecule has 0 aliphatic carbocycles. The van der Waals surface area contributed by atoms with E-state index in [-0.39, 0.29) is 0 Å². The molecule has 1 heterocycles. The second-order valence-corrected chi connectivity index (χ2v) is 4.51. The Morgan fingerprint density at radius 2 is 1.91 bits per heavy atom. The van der Waals surface area contributed by atoms with Crippen LogP contribution in [-0.4, -0.2) is 30.7 Å². The Labute approximate surface area is 71.0 Å². The lowest BCUT2D eigenvalue weighted by Crippen LogP contribution is -2.55. The van der Waals surface area contributed by atoms with Crippen molar-refractivity contribution in [1.29, 1.82) is 0 Å². The number of hydrogen-bond acceptors (Lipinski definition) is 0. The predicted octanol–water partition coefficient (Wildman–Crippen LogP) is 2.27. The van der Waals surface area contributed by atoms with Gasteiger partial charge in [0.05, 0.1) is 26.2 Å². The summed E-state index contributed by atoms with van der Waals surface area (Å²) in [5.41, 5.74) is 0. The summed E-state index contributed by atoms with van der Waals surface area (Å²) >= 11 is 0. The summed E-state index contributed by atoms with van der Waals surface area (Å²) in [7, 11) is 2.40. The monoisotopic (exact) mass is 156 g/mol. The molecule has 1 fully saturated rings. The van der Waals surface area contributed by atoms with Gasteiger partial charge in [0.2, 0.25) is 0 Å². The molecule has 0 bridgehead atoms. The Morgan fingerprint density at radius 1 is 1.27 bits per heavy atom. The minimum atomic E-state index is 0.885. The van der Waals surface area contributed by atoms with Gasteiger partial charge >= 0.3 is 0 Å². The van der Waals surface area contributed by atoms with E-state index < -0.39 is 0 Å². The van der Waals surface area contributed by atoms with Gasteiger partial charge in [0.25, 0.3) is 0 Å². The van der Waals surface area contributed by atoms with E-state index in [1.807, 2.05) is 0 Å². The Hall–Kier alpha value is -0.0400. The number of hydrogen-bond donors (Lipinski definition) is 0. The number of quaternary nitrogens is 1. The first-order chi connectivity index (χ1) is 5.08. The van der Waals surface area contributed by atoms with Gasteiger partial charge in [-0.1, -0.05) is 6.92 Å². The third-order valence-electron chi connectivity index (χ3n) is 3.59. The fourth-order valence-electron chi connectivity index (χ4n) is 2.26. The van der Waals surface area contributed by atoms with Gasteiger partial charge in [0, 0.05) is 5.92 Å². The van der Waals surface area contributed by atoms with Crippen LogP contribution in [0.2, 0.25) is 0 Å². The predicted molar refractivity (Wildman–Crippen MR) is 49.5 cm³/mol. The van der Waals surface area contributed by atoms with E-state index in [1.165, 1.54) is 30.4 Å². The fraction of sp³-hybridized carbons (Fsp3) is 1.00. The van der Waals surface area contributed by atoms with Gasteiger partial charge in [-0.2, -0.15) is 0 Å². The molecule has 66 valence electrons. The molecule has 0 amide bonds. The zero-order chi connectivity index (χ0) is 8.48. The first kappa shape index (κ1) is 9.05. The van der Waals surface area contributed by atoms with Gasteiger partial charge in [-0.3, -0.25) is 0 Å². The average Bonchev–Trinajstić information content (AvgIpc) is 1.98. The lowest BCUT2D eigenvalue weighted by molar-refractivity contribution is -0.938. The van der Waals surface area contributed by atoms with Crippen LogP contribution < -0.4 is 0 Å². The summed E-state index contributed by atoms with van der Waals surface area (Å²) in [5.74, 6) is 0.941. The molecule has 0 saturated carbocycles. The van der Waals surface area contributed by atoms with Crippen LogP contribution in [-0.2, 0) is 0 Å². The smallest absolute Gasteiger partial charge is 0.0859 e. The lowest BCUT2D eigenvalue weighted by atomic mass is 9.93. The standard InChI is InChI=1S/C10H22N/c1-5-11(4)8-9(2)6-7-10(11)3/h9-10H,5-8H2,1-4H3/q+1. The number of nitrogens with zero attached hydrogens (tertiary/aromatic N) is 1. The Balaban J connectivity index is 2.60. The molecule has 0 radical (unpaired) electrons. The van der Waals surface area contributed by atoms with Crippen LogP contribution in [0.15, 0.2) is 0 Å². The highest BCUT2D eigenvalue weighted by molar-refractivity contribution is 4.65. The highest BCUT2D eigenvalue weighted by Gasteiger charge is 2.33. The second kappa shape index (κ2) is 3.14. The molecule has 1 aliphatic heterocycles. The molecule has 0 aromatic heterocycles. The molecule has 0 N–H and O–H groups in total. The Bertz CT molecular complexity index is 133. The molecule has 11 heavy (non-hydrogen) atoms. The minimum absolute atomic E-state index is 0.885. The van der Waals surface area contributed by atoms with E-state index in [0.29, 0.717) is 0 Å². The van der Waals surface area contributed by atoms with Crippen LogP contribution in [0.1, 0.15) is 33.6 Å². The van der Waals surface area contributed by atoms with Crippen molar-refractivity contribution in [2.24, 2.45) is 5.92 Å². The number of piperidine rings is 1. The van der Waals surface area contributed by atoms with Gasteiger partial charge in [0.15, 0.2) is 0 Å². The largest absolute Gasteiger partial charge is 0.324 e. The molecule has 1 heteroatoms. The van der Waals surface area contributed by atoms with Gasteiger partial charge in [-0.05, 0) is 26.7 Å². The summed E-state index contributed by atoms with van der Waals surface area (Å²) in [6.07, 6.45) is 2.86. The molecule has 1 nitrogen and oxygen atoms in total. The zero-order valence-corrected chi connectivity index (χ0v) is 8.43. The van der Waals surface area contributed by atoms with Crippen molar-refractivity contribution >= 4 is 0 Å². The van der Waals surface area contributed by atoms with Crippen molar-refractivity contribution in [2.45, 2.75) is 39.7 Å². The summed E-state index contributed by atoms with van der Waals surface area (Å²) in [5, 5.41) is 0. The van der Waals surface area contributed by atoms with E-state index >= 15 is 0 Å². The molecule has 0 aromatic rings. The van der Waals surface area contributed by atoms with Crippen LogP contribution in [0, 0.1) is 5.92 Å². The van der Waals surface area contributed by atoms with E-state index in [0.717, 1.165) is 12.0 Å². The molecular weight excluding hydrogens is 134 g/mol. The quantitative estimate of drug-likeness (QED) is 0.511. The van der Waals surface area contributed by atoms with Crippen LogP contribution in [0.3, 0.4) is 0 Å². The number of rotatable bonds is 1. The SMILES string of the molecule is CC[N+]1(C)CC(C)CCC1C. The number of likely N-dealkylation sites (tertiary alicyclic amines) is 1. The normalized spacial score (nSPS) is 45.8. The maximum Gasteiger partial charge on any atom is 0.0859 e. The fourth-order valence-corrected chi connectivity index (χ4v) is 2.26. The summed E-state index contributed by atoms with van der Waals surface area (Å²) < 4.78 is 1.29. The third-order valence-corrected chi connectivity index (χ3v) is 3.59. The van der Waals surface area contributed by atoms with Gasteiger partial charge in [0.1, 0.15) is 0 Å². The van der Waals surface area contributed by atoms with Crippen molar-refractivity contribution in [2.75, 3.05) is 20.1 Å². The first-order valence-electron chi connectivity index (χ1n) is 4.92. The van der Waals surface area contributed by atoms with Gasteiger partial charge in [-0.15, -0.1) is 0 Å². The summed E-state index contributed by atoms with van der Waals surface area (Å²) in [6.45, 7) is 9.78. The molecule has 0 aromatic carbocycles. The Kier molecular flexibility index (Phi) is 2.58. The van der Waals surface area contributed by atoms with Crippen molar-refractivity contribution in [1.82, 2.24) is 0 Å². The highest BCUT2D eigenvalue weighted by atomic mass is 15.4. The van der Waals surface area contributed by atoms with Crippen molar-refractivity contribution in [3.05, 3.63) is 0 Å². The second-order valence-electron chi connectivity index (χ2n) is 4.51. The molecule has 1 rings (SSSR count). The van der Waals surface area contributed by atoms with Crippen LogP contribution in [0.25, 0.3) is 0 Å².